The molecule has 1 aromatic rings. The third kappa shape index (κ3) is 2.15. The van der Waals surface area contributed by atoms with Crippen molar-refractivity contribution in [3.05, 3.63) is 59.9 Å². The van der Waals surface area contributed by atoms with Crippen LogP contribution >= 0.6 is 0 Å². The van der Waals surface area contributed by atoms with Gasteiger partial charge in [0.1, 0.15) is 0 Å². The molecule has 0 radical (unpaired) electrons. The largest absolute Gasteiger partial charge is 0.431 e. The van der Waals surface area contributed by atoms with Crippen molar-refractivity contribution < 1.29 is 9.53 Å². The molecule has 2 rings (SSSR count). The number of ether oxygens (including phenoxy) is 1. The number of carbonyl (C=O) groups excluding carboxylic acids is 1. The Balaban J connectivity index is 2.34. The predicted octanol–water partition coefficient (Wildman–Crippen LogP) is 2.79. The fraction of sp³-hybridized carbons (Fsp3) is 0.154. The van der Waals surface area contributed by atoms with Crippen molar-refractivity contribution in [1.29, 1.82) is 0 Å². The zero-order chi connectivity index (χ0) is 10.7. The molecule has 1 aliphatic heterocycles. The summed E-state index contributed by atoms with van der Waals surface area (Å²) in [6, 6.07) is 10.0. The topological polar surface area (TPSA) is 26.3 Å². The summed E-state index contributed by atoms with van der Waals surface area (Å²) in [5.74, 6) is -0.151. The monoisotopic (exact) mass is 200 g/mol. The first-order chi connectivity index (χ1) is 7.27. The van der Waals surface area contributed by atoms with Gasteiger partial charge in [0.05, 0.1) is 6.26 Å². The maximum atomic E-state index is 11.2. The van der Waals surface area contributed by atoms with Gasteiger partial charge in [-0.2, -0.15) is 0 Å². The molecule has 0 saturated heterocycles. The van der Waals surface area contributed by atoms with Gasteiger partial charge < -0.3 is 4.74 Å². The minimum atomic E-state index is -0.273. The Morgan fingerprint density at radius 1 is 1.20 bits per heavy atom. The van der Waals surface area contributed by atoms with Crippen molar-refractivity contribution in [3.63, 3.8) is 0 Å². The van der Waals surface area contributed by atoms with Crippen LogP contribution in [0.3, 0.4) is 0 Å². The maximum Gasteiger partial charge on any atom is 0.338 e. The first-order valence-electron chi connectivity index (χ1n) is 4.88. The van der Waals surface area contributed by atoms with E-state index in [2.05, 4.69) is 0 Å². The summed E-state index contributed by atoms with van der Waals surface area (Å²) in [7, 11) is 0. The second-order valence-corrected chi connectivity index (χ2v) is 3.52. The highest BCUT2D eigenvalue weighted by molar-refractivity contribution is 5.88. The van der Waals surface area contributed by atoms with Crippen LogP contribution in [0.2, 0.25) is 0 Å². The molecule has 0 saturated carbocycles. The molecular formula is C13H12O2. The lowest BCUT2D eigenvalue weighted by molar-refractivity contribution is -0.133. The summed E-state index contributed by atoms with van der Waals surface area (Å²) >= 11 is 0. The van der Waals surface area contributed by atoms with Crippen LogP contribution in [-0.4, -0.2) is 5.97 Å². The zero-order valence-electron chi connectivity index (χ0n) is 8.51. The first kappa shape index (κ1) is 9.71. The van der Waals surface area contributed by atoms with E-state index in [4.69, 9.17) is 4.74 Å². The summed E-state index contributed by atoms with van der Waals surface area (Å²) < 4.78 is 4.88. The van der Waals surface area contributed by atoms with Crippen molar-refractivity contribution in [2.45, 2.75) is 12.8 Å². The van der Waals surface area contributed by atoms with E-state index in [9.17, 15) is 4.79 Å². The van der Waals surface area contributed by atoms with Gasteiger partial charge in [0, 0.05) is 11.5 Å². The normalized spacial score (nSPS) is 20.5. The molecule has 0 aromatic heterocycles. The molecule has 1 atom stereocenters. The molecule has 0 N–H and O–H groups in total. The Morgan fingerprint density at radius 2 is 1.93 bits per heavy atom. The summed E-state index contributed by atoms with van der Waals surface area (Å²) in [5.41, 5.74) is 1.81. The Morgan fingerprint density at radius 3 is 2.67 bits per heavy atom. The molecule has 76 valence electrons. The van der Waals surface area contributed by atoms with Crippen molar-refractivity contribution in [2.24, 2.45) is 0 Å². The molecule has 1 aromatic carbocycles. The molecular weight excluding hydrogens is 188 g/mol. The fourth-order valence-corrected chi connectivity index (χ4v) is 1.55. The molecule has 1 unspecified atom stereocenters. The molecule has 0 bridgehead atoms. The quantitative estimate of drug-likeness (QED) is 0.651. The second-order valence-electron chi connectivity index (χ2n) is 3.52. The van der Waals surface area contributed by atoms with Crippen LogP contribution in [0.25, 0.3) is 0 Å². The van der Waals surface area contributed by atoms with Gasteiger partial charge in [-0.15, -0.1) is 0 Å². The number of allylic oxidation sites excluding steroid dienone is 2. The molecule has 15 heavy (non-hydrogen) atoms. The Kier molecular flexibility index (Phi) is 2.68. The van der Waals surface area contributed by atoms with E-state index >= 15 is 0 Å². The zero-order valence-corrected chi connectivity index (χ0v) is 8.51. The maximum absolute atomic E-state index is 11.2. The summed E-state index contributed by atoms with van der Waals surface area (Å²) in [6.45, 7) is 1.77. The lowest BCUT2D eigenvalue weighted by Crippen LogP contribution is -1.99. The van der Waals surface area contributed by atoms with E-state index in [1.807, 2.05) is 42.5 Å². The van der Waals surface area contributed by atoms with E-state index in [0.717, 1.165) is 5.56 Å². The summed E-state index contributed by atoms with van der Waals surface area (Å²) in [5, 5.41) is 0. The number of cyclic esters (lactones) is 1. The van der Waals surface area contributed by atoms with E-state index < -0.39 is 0 Å². The minimum Gasteiger partial charge on any atom is -0.431 e. The number of benzene rings is 1. The van der Waals surface area contributed by atoms with Gasteiger partial charge >= 0.3 is 5.97 Å². The third-order valence-electron chi connectivity index (χ3n) is 2.40. The van der Waals surface area contributed by atoms with E-state index in [1.165, 1.54) is 6.26 Å². The Bertz CT molecular complexity index is 415. The lowest BCUT2D eigenvalue weighted by atomic mass is 9.97. The Hall–Kier alpha value is -1.83. The van der Waals surface area contributed by atoms with Gasteiger partial charge in [-0.05, 0) is 18.6 Å². The number of esters is 1. The van der Waals surface area contributed by atoms with E-state index in [1.54, 1.807) is 6.92 Å². The highest BCUT2D eigenvalue weighted by Gasteiger charge is 2.13. The molecule has 1 aliphatic rings. The SMILES string of the molecule is CC1=CC(c2ccccc2)C=COC1=O. The van der Waals surface area contributed by atoms with Crippen molar-refractivity contribution in [1.82, 2.24) is 0 Å². The van der Waals surface area contributed by atoms with Gasteiger partial charge in [-0.25, -0.2) is 4.79 Å². The van der Waals surface area contributed by atoms with Crippen LogP contribution in [0.15, 0.2) is 54.3 Å². The number of rotatable bonds is 1. The van der Waals surface area contributed by atoms with Crippen molar-refractivity contribution in [2.75, 3.05) is 0 Å². The van der Waals surface area contributed by atoms with Crippen molar-refractivity contribution >= 4 is 5.97 Å². The minimum absolute atomic E-state index is 0.123. The van der Waals surface area contributed by atoms with E-state index in [-0.39, 0.29) is 11.9 Å². The van der Waals surface area contributed by atoms with Crippen LogP contribution in [0.4, 0.5) is 0 Å². The average molecular weight is 200 g/mol. The van der Waals surface area contributed by atoms with Gasteiger partial charge in [-0.1, -0.05) is 36.4 Å². The Labute approximate surface area is 88.9 Å². The predicted molar refractivity (Wildman–Crippen MR) is 58.2 cm³/mol. The smallest absolute Gasteiger partial charge is 0.338 e. The summed E-state index contributed by atoms with van der Waals surface area (Å²) in [6.07, 6.45) is 5.26. The van der Waals surface area contributed by atoms with Crippen LogP contribution in [-0.2, 0) is 9.53 Å². The van der Waals surface area contributed by atoms with Crippen LogP contribution in [0.5, 0.6) is 0 Å². The molecule has 2 nitrogen and oxygen atoms in total. The summed E-state index contributed by atoms with van der Waals surface area (Å²) in [4.78, 5) is 11.2. The van der Waals surface area contributed by atoms with E-state index in [0.29, 0.717) is 5.57 Å². The molecule has 1 heterocycles. The van der Waals surface area contributed by atoms with Gasteiger partial charge in [0.25, 0.3) is 0 Å². The van der Waals surface area contributed by atoms with Gasteiger partial charge in [0.15, 0.2) is 0 Å². The number of hydrogen-bond acceptors (Lipinski definition) is 2. The second kappa shape index (κ2) is 4.13. The standard InChI is InChI=1S/C13H12O2/c1-10-9-12(7-8-15-13(10)14)11-5-3-2-4-6-11/h2-9,12H,1H3. The van der Waals surface area contributed by atoms with Gasteiger partial charge in [0.2, 0.25) is 0 Å². The molecule has 0 amide bonds. The number of carbonyl (C=O) groups is 1. The average Bonchev–Trinajstić information content (AvgIpc) is 2.43. The molecule has 2 heteroatoms. The fourth-order valence-electron chi connectivity index (χ4n) is 1.55. The molecule has 0 fully saturated rings. The highest BCUT2D eigenvalue weighted by atomic mass is 16.5. The van der Waals surface area contributed by atoms with Crippen molar-refractivity contribution in [3.8, 4) is 0 Å². The number of hydrogen-bond donors (Lipinski definition) is 0. The van der Waals surface area contributed by atoms with Crippen LogP contribution in [0.1, 0.15) is 18.4 Å². The van der Waals surface area contributed by atoms with Crippen LogP contribution < -0.4 is 0 Å². The lowest BCUT2D eigenvalue weighted by Gasteiger charge is -2.06. The highest BCUT2D eigenvalue weighted by Crippen LogP contribution is 2.22. The molecule has 0 aliphatic carbocycles. The first-order valence-corrected chi connectivity index (χ1v) is 4.88. The molecule has 0 spiro atoms. The van der Waals surface area contributed by atoms with Crippen LogP contribution in [0, 0.1) is 0 Å². The van der Waals surface area contributed by atoms with Gasteiger partial charge in [-0.3, -0.25) is 0 Å². The third-order valence-corrected chi connectivity index (χ3v) is 2.40.